The molecule has 0 radical (unpaired) electrons. The van der Waals surface area contributed by atoms with Gasteiger partial charge in [-0.25, -0.2) is 9.98 Å². The first-order valence-electron chi connectivity index (χ1n) is 7.62. The van der Waals surface area contributed by atoms with E-state index in [4.69, 9.17) is 10.5 Å². The molecule has 24 heavy (non-hydrogen) atoms. The molecule has 0 unspecified atom stereocenters. The van der Waals surface area contributed by atoms with Gasteiger partial charge < -0.3 is 15.8 Å². The molecule has 2 aromatic rings. The number of hydrogen-bond donors (Lipinski definition) is 2. The number of hydrogen-bond acceptors (Lipinski definition) is 3. The fraction of sp³-hybridized carbons (Fsp3) is 0.333. The molecule has 0 spiro atoms. The number of aromatic nitrogens is 1. The number of nitrogens with one attached hydrogen (secondary N) is 1. The van der Waals surface area contributed by atoms with E-state index < -0.39 is 0 Å². The van der Waals surface area contributed by atoms with Crippen molar-refractivity contribution in [1.29, 1.82) is 0 Å². The summed E-state index contributed by atoms with van der Waals surface area (Å²) in [6.45, 7) is 7.10. The van der Waals surface area contributed by atoms with Crippen molar-refractivity contribution < 1.29 is 4.74 Å². The van der Waals surface area contributed by atoms with Crippen molar-refractivity contribution in [2.24, 2.45) is 10.7 Å². The van der Waals surface area contributed by atoms with Gasteiger partial charge in [0.2, 0.25) is 5.88 Å². The van der Waals surface area contributed by atoms with E-state index in [1.54, 1.807) is 6.20 Å². The van der Waals surface area contributed by atoms with Gasteiger partial charge >= 0.3 is 0 Å². The maximum Gasteiger partial charge on any atom is 0.213 e. The van der Waals surface area contributed by atoms with Crippen LogP contribution in [0.2, 0.25) is 0 Å². The Balaban J connectivity index is 0.00000288. The zero-order valence-electron chi connectivity index (χ0n) is 14.3. The molecule has 0 atom stereocenters. The number of halogens is 1. The minimum absolute atomic E-state index is 0. The quantitative estimate of drug-likeness (QED) is 0.424. The molecule has 0 fully saturated rings. The van der Waals surface area contributed by atoms with Gasteiger partial charge in [0.15, 0.2) is 5.96 Å². The third kappa shape index (κ3) is 7.63. The maximum atomic E-state index is 5.87. The Morgan fingerprint density at radius 2 is 1.88 bits per heavy atom. The summed E-state index contributed by atoms with van der Waals surface area (Å²) >= 11 is 0. The molecule has 1 aromatic carbocycles. The molecular weight excluding hydrogens is 415 g/mol. The van der Waals surface area contributed by atoms with Gasteiger partial charge in [-0.1, -0.05) is 30.3 Å². The molecule has 5 nitrogen and oxygen atoms in total. The van der Waals surface area contributed by atoms with Crippen LogP contribution in [0, 0.1) is 0 Å². The molecule has 6 heteroatoms. The van der Waals surface area contributed by atoms with Crippen LogP contribution >= 0.6 is 24.0 Å². The summed E-state index contributed by atoms with van der Waals surface area (Å²) in [7, 11) is 0. The normalized spacial score (nSPS) is 11.5. The molecule has 2 rings (SSSR count). The molecule has 1 aromatic heterocycles. The van der Waals surface area contributed by atoms with E-state index in [1.165, 1.54) is 0 Å². The van der Waals surface area contributed by atoms with E-state index in [0.717, 1.165) is 11.1 Å². The molecule has 0 saturated carbocycles. The third-order valence-corrected chi connectivity index (χ3v) is 2.96. The molecule has 3 N–H and O–H groups in total. The van der Waals surface area contributed by atoms with Crippen LogP contribution in [-0.4, -0.2) is 16.5 Å². The van der Waals surface area contributed by atoms with Gasteiger partial charge in [0, 0.05) is 17.8 Å². The number of aliphatic imine (C=N–C) groups is 1. The largest absolute Gasteiger partial charge is 0.473 e. The highest BCUT2D eigenvalue weighted by Gasteiger charge is 2.09. The number of pyridine rings is 1. The minimum atomic E-state index is -0.101. The van der Waals surface area contributed by atoms with Crippen LogP contribution in [0.25, 0.3) is 0 Å². The van der Waals surface area contributed by atoms with Crippen LogP contribution in [0.3, 0.4) is 0 Å². The molecule has 0 aliphatic heterocycles. The summed E-state index contributed by atoms with van der Waals surface area (Å²) < 4.78 is 5.71. The van der Waals surface area contributed by atoms with E-state index in [2.05, 4.69) is 15.3 Å². The lowest BCUT2D eigenvalue weighted by atomic mass is 10.1. The van der Waals surface area contributed by atoms with Crippen molar-refractivity contribution in [2.45, 2.75) is 39.5 Å². The summed E-state index contributed by atoms with van der Waals surface area (Å²) in [5.41, 5.74) is 7.88. The first kappa shape index (κ1) is 20.2. The SMILES string of the molecule is CC(C)(C)NC(N)=NCc1ccnc(OCc2ccccc2)c1.I. The molecule has 0 amide bonds. The average Bonchev–Trinajstić information content (AvgIpc) is 2.51. The van der Waals surface area contributed by atoms with Crippen molar-refractivity contribution in [3.05, 3.63) is 59.8 Å². The number of nitrogens with two attached hydrogens (primary N) is 1. The second-order valence-corrected chi connectivity index (χ2v) is 6.35. The lowest BCUT2D eigenvalue weighted by Crippen LogP contribution is -2.44. The Labute approximate surface area is 160 Å². The Bertz CT molecular complexity index is 654. The Morgan fingerprint density at radius 3 is 2.54 bits per heavy atom. The van der Waals surface area contributed by atoms with E-state index >= 15 is 0 Å². The van der Waals surface area contributed by atoms with Crippen LogP contribution in [0.15, 0.2) is 53.7 Å². The number of rotatable bonds is 5. The Kier molecular flexibility index (Phi) is 7.97. The average molecular weight is 440 g/mol. The van der Waals surface area contributed by atoms with Crippen molar-refractivity contribution in [3.63, 3.8) is 0 Å². The molecular formula is C18H25IN4O. The van der Waals surface area contributed by atoms with Gasteiger partial charge in [-0.05, 0) is 38.0 Å². The summed E-state index contributed by atoms with van der Waals surface area (Å²) in [5.74, 6) is 1.02. The molecule has 0 bridgehead atoms. The summed E-state index contributed by atoms with van der Waals surface area (Å²) in [4.78, 5) is 8.56. The molecule has 1 heterocycles. The molecule has 0 aliphatic rings. The molecule has 130 valence electrons. The van der Waals surface area contributed by atoms with Crippen molar-refractivity contribution in [1.82, 2.24) is 10.3 Å². The summed E-state index contributed by atoms with van der Waals surface area (Å²) in [5, 5.41) is 3.13. The van der Waals surface area contributed by atoms with Gasteiger partial charge in [-0.2, -0.15) is 0 Å². The van der Waals surface area contributed by atoms with E-state index in [1.807, 2.05) is 63.2 Å². The Morgan fingerprint density at radius 1 is 1.17 bits per heavy atom. The standard InChI is InChI=1S/C18H24N4O.HI/c1-18(2,3)22-17(19)21-12-15-9-10-20-16(11-15)23-13-14-7-5-4-6-8-14;/h4-11H,12-13H2,1-3H3,(H3,19,21,22);1H. The second-order valence-electron chi connectivity index (χ2n) is 6.35. The van der Waals surface area contributed by atoms with Crippen LogP contribution in [-0.2, 0) is 13.2 Å². The van der Waals surface area contributed by atoms with Crippen molar-refractivity contribution in [2.75, 3.05) is 0 Å². The number of benzene rings is 1. The highest BCUT2D eigenvalue weighted by Crippen LogP contribution is 2.12. The highest BCUT2D eigenvalue weighted by atomic mass is 127. The van der Waals surface area contributed by atoms with Crippen LogP contribution in [0.4, 0.5) is 0 Å². The lowest BCUT2D eigenvalue weighted by Gasteiger charge is -2.21. The van der Waals surface area contributed by atoms with Gasteiger partial charge in [-0.3, -0.25) is 0 Å². The second kappa shape index (κ2) is 9.46. The minimum Gasteiger partial charge on any atom is -0.473 e. The van der Waals surface area contributed by atoms with Crippen molar-refractivity contribution >= 4 is 29.9 Å². The maximum absolute atomic E-state index is 5.87. The van der Waals surface area contributed by atoms with Crippen LogP contribution in [0.1, 0.15) is 31.9 Å². The molecule has 0 aliphatic carbocycles. The van der Waals surface area contributed by atoms with Gasteiger partial charge in [0.1, 0.15) is 6.61 Å². The fourth-order valence-electron chi connectivity index (χ4n) is 1.96. The van der Waals surface area contributed by atoms with E-state index in [-0.39, 0.29) is 29.5 Å². The first-order valence-corrected chi connectivity index (χ1v) is 7.62. The van der Waals surface area contributed by atoms with Crippen molar-refractivity contribution in [3.8, 4) is 5.88 Å². The van der Waals surface area contributed by atoms with E-state index in [9.17, 15) is 0 Å². The predicted molar refractivity (Wildman–Crippen MR) is 109 cm³/mol. The van der Waals surface area contributed by atoms with Gasteiger partial charge in [-0.15, -0.1) is 24.0 Å². The van der Waals surface area contributed by atoms with E-state index in [0.29, 0.717) is 25.0 Å². The third-order valence-electron chi connectivity index (χ3n) is 2.96. The van der Waals surface area contributed by atoms with Crippen LogP contribution in [0.5, 0.6) is 5.88 Å². The topological polar surface area (TPSA) is 72.5 Å². The zero-order chi connectivity index (χ0) is 16.7. The smallest absolute Gasteiger partial charge is 0.213 e. The van der Waals surface area contributed by atoms with Gasteiger partial charge in [0.25, 0.3) is 0 Å². The zero-order valence-corrected chi connectivity index (χ0v) is 16.7. The van der Waals surface area contributed by atoms with Gasteiger partial charge in [0.05, 0.1) is 6.54 Å². The van der Waals surface area contributed by atoms with Crippen LogP contribution < -0.4 is 15.8 Å². The summed E-state index contributed by atoms with van der Waals surface area (Å²) in [6, 6.07) is 13.8. The fourth-order valence-corrected chi connectivity index (χ4v) is 1.96. The first-order chi connectivity index (χ1) is 10.9. The Hall–Kier alpha value is -1.83. The number of nitrogens with zero attached hydrogens (tertiary/aromatic N) is 2. The predicted octanol–water partition coefficient (Wildman–Crippen LogP) is 3.48. The number of guanidine groups is 1. The molecule has 0 saturated heterocycles. The number of ether oxygens (including phenoxy) is 1. The summed E-state index contributed by atoms with van der Waals surface area (Å²) in [6.07, 6.45) is 1.72. The lowest BCUT2D eigenvalue weighted by molar-refractivity contribution is 0.293. The monoisotopic (exact) mass is 440 g/mol. The highest BCUT2D eigenvalue weighted by molar-refractivity contribution is 14.0.